The summed E-state index contributed by atoms with van der Waals surface area (Å²) >= 11 is 0. The number of nitrogens with one attached hydrogen (secondary N) is 2. The molecule has 2 N–H and O–H groups in total. The molecule has 2 aliphatic heterocycles. The summed E-state index contributed by atoms with van der Waals surface area (Å²) in [6.45, 7) is 2.41. The standard InChI is InChI=1S/C15H21N5O3/c21-15(8-11-2-1-6-16-11)19-7-5-12(10-19)18-14-4-3-13(9-17-14)20(22)23/h3-4,9,11-12,16H,1-2,5-8,10H2,(H,17,18). The Morgan fingerprint density at radius 3 is 3.00 bits per heavy atom. The van der Waals surface area contributed by atoms with Crippen molar-refractivity contribution in [1.82, 2.24) is 15.2 Å². The number of likely N-dealkylation sites (tertiary alicyclic amines) is 1. The normalized spacial score (nSPS) is 23.9. The molecule has 3 heterocycles. The molecule has 2 saturated heterocycles. The van der Waals surface area contributed by atoms with E-state index < -0.39 is 4.92 Å². The van der Waals surface area contributed by atoms with Crippen LogP contribution in [-0.4, -0.2) is 52.4 Å². The Labute approximate surface area is 134 Å². The van der Waals surface area contributed by atoms with Gasteiger partial charge in [0.25, 0.3) is 5.69 Å². The number of nitro groups is 1. The summed E-state index contributed by atoms with van der Waals surface area (Å²) in [7, 11) is 0. The smallest absolute Gasteiger partial charge is 0.287 e. The molecule has 2 unspecified atom stereocenters. The molecule has 1 amide bonds. The number of anilines is 1. The zero-order valence-electron chi connectivity index (χ0n) is 12.9. The van der Waals surface area contributed by atoms with Crippen molar-refractivity contribution in [2.45, 2.75) is 37.8 Å². The van der Waals surface area contributed by atoms with Crippen LogP contribution in [0.15, 0.2) is 18.3 Å². The second-order valence-corrected chi connectivity index (χ2v) is 6.13. The van der Waals surface area contributed by atoms with E-state index in [4.69, 9.17) is 0 Å². The van der Waals surface area contributed by atoms with Crippen molar-refractivity contribution in [1.29, 1.82) is 0 Å². The highest BCUT2D eigenvalue weighted by atomic mass is 16.6. The second-order valence-electron chi connectivity index (χ2n) is 6.13. The maximum atomic E-state index is 12.3. The van der Waals surface area contributed by atoms with Crippen LogP contribution in [0, 0.1) is 10.1 Å². The van der Waals surface area contributed by atoms with Crippen LogP contribution in [0.5, 0.6) is 0 Å². The van der Waals surface area contributed by atoms with Gasteiger partial charge in [0.2, 0.25) is 5.91 Å². The highest BCUT2D eigenvalue weighted by Crippen LogP contribution is 2.18. The highest BCUT2D eigenvalue weighted by Gasteiger charge is 2.28. The molecule has 0 saturated carbocycles. The summed E-state index contributed by atoms with van der Waals surface area (Å²) in [4.78, 5) is 28.4. The number of amides is 1. The van der Waals surface area contributed by atoms with Crippen LogP contribution in [0.4, 0.5) is 11.5 Å². The number of pyridine rings is 1. The van der Waals surface area contributed by atoms with Gasteiger partial charge in [-0.3, -0.25) is 14.9 Å². The largest absolute Gasteiger partial charge is 0.365 e. The first-order chi connectivity index (χ1) is 11.1. The van der Waals surface area contributed by atoms with Crippen LogP contribution in [0.25, 0.3) is 0 Å². The lowest BCUT2D eigenvalue weighted by atomic mass is 10.1. The van der Waals surface area contributed by atoms with Crippen molar-refractivity contribution in [3.05, 3.63) is 28.4 Å². The molecule has 1 aromatic rings. The zero-order valence-corrected chi connectivity index (χ0v) is 12.9. The number of nitrogens with zero attached hydrogens (tertiary/aromatic N) is 3. The first-order valence-corrected chi connectivity index (χ1v) is 8.00. The molecule has 1 aromatic heterocycles. The number of carbonyl (C=O) groups is 1. The monoisotopic (exact) mass is 319 g/mol. The first-order valence-electron chi connectivity index (χ1n) is 8.00. The summed E-state index contributed by atoms with van der Waals surface area (Å²) < 4.78 is 0. The molecular weight excluding hydrogens is 298 g/mol. The zero-order chi connectivity index (χ0) is 16.2. The average molecular weight is 319 g/mol. The Hall–Kier alpha value is -2.22. The number of aromatic nitrogens is 1. The quantitative estimate of drug-likeness (QED) is 0.623. The second kappa shape index (κ2) is 6.91. The summed E-state index contributed by atoms with van der Waals surface area (Å²) in [5.74, 6) is 0.803. The van der Waals surface area contributed by atoms with Gasteiger partial charge in [-0.1, -0.05) is 0 Å². The van der Waals surface area contributed by atoms with Crippen LogP contribution in [0.1, 0.15) is 25.7 Å². The van der Waals surface area contributed by atoms with Crippen LogP contribution < -0.4 is 10.6 Å². The molecule has 0 bridgehead atoms. The fourth-order valence-corrected chi connectivity index (χ4v) is 3.16. The van der Waals surface area contributed by atoms with E-state index in [0.29, 0.717) is 24.8 Å². The van der Waals surface area contributed by atoms with Gasteiger partial charge in [0.15, 0.2) is 0 Å². The van der Waals surface area contributed by atoms with Crippen molar-refractivity contribution in [2.24, 2.45) is 0 Å². The molecule has 0 aliphatic carbocycles. The summed E-state index contributed by atoms with van der Waals surface area (Å²) in [6, 6.07) is 3.50. The minimum Gasteiger partial charge on any atom is -0.365 e. The van der Waals surface area contributed by atoms with Gasteiger partial charge in [0, 0.05) is 37.7 Å². The molecule has 124 valence electrons. The lowest BCUT2D eigenvalue weighted by Gasteiger charge is -2.19. The van der Waals surface area contributed by atoms with E-state index in [-0.39, 0.29) is 17.6 Å². The van der Waals surface area contributed by atoms with Gasteiger partial charge in [-0.2, -0.15) is 0 Å². The topological polar surface area (TPSA) is 100 Å². The minimum absolute atomic E-state index is 0.0251. The molecular formula is C15H21N5O3. The van der Waals surface area contributed by atoms with E-state index in [1.54, 1.807) is 6.07 Å². The Morgan fingerprint density at radius 1 is 1.48 bits per heavy atom. The fraction of sp³-hybridized carbons (Fsp3) is 0.600. The van der Waals surface area contributed by atoms with E-state index in [9.17, 15) is 14.9 Å². The predicted molar refractivity (Wildman–Crippen MR) is 85.1 cm³/mol. The van der Waals surface area contributed by atoms with Crippen molar-refractivity contribution in [3.63, 3.8) is 0 Å². The van der Waals surface area contributed by atoms with Gasteiger partial charge in [-0.25, -0.2) is 4.98 Å². The van der Waals surface area contributed by atoms with Crippen molar-refractivity contribution in [2.75, 3.05) is 25.0 Å². The number of hydrogen-bond acceptors (Lipinski definition) is 6. The van der Waals surface area contributed by atoms with Gasteiger partial charge in [0.1, 0.15) is 12.0 Å². The lowest BCUT2D eigenvalue weighted by molar-refractivity contribution is -0.385. The molecule has 23 heavy (non-hydrogen) atoms. The Kier molecular flexibility index (Phi) is 4.71. The Bertz CT molecular complexity index is 571. The molecule has 2 fully saturated rings. The summed E-state index contributed by atoms with van der Waals surface area (Å²) in [5, 5.41) is 17.2. The van der Waals surface area contributed by atoms with Gasteiger partial charge in [-0.05, 0) is 31.9 Å². The number of carbonyl (C=O) groups excluding carboxylic acids is 1. The van der Waals surface area contributed by atoms with E-state index in [0.717, 1.165) is 32.4 Å². The lowest BCUT2D eigenvalue weighted by Crippen LogP contribution is -2.36. The van der Waals surface area contributed by atoms with Gasteiger partial charge < -0.3 is 15.5 Å². The summed E-state index contributed by atoms with van der Waals surface area (Å²) in [6.07, 6.45) is 4.90. The van der Waals surface area contributed by atoms with Gasteiger partial charge >= 0.3 is 0 Å². The third-order valence-electron chi connectivity index (χ3n) is 4.44. The maximum absolute atomic E-state index is 12.3. The molecule has 0 aromatic carbocycles. The SMILES string of the molecule is O=C(CC1CCCN1)N1CCC(Nc2ccc([N+](=O)[O-])cn2)C1. The minimum atomic E-state index is -0.468. The number of rotatable bonds is 5. The Morgan fingerprint density at radius 2 is 2.35 bits per heavy atom. The van der Waals surface area contributed by atoms with E-state index >= 15 is 0 Å². The van der Waals surface area contributed by atoms with Crippen LogP contribution in [-0.2, 0) is 4.79 Å². The highest BCUT2D eigenvalue weighted by molar-refractivity contribution is 5.77. The van der Waals surface area contributed by atoms with Crippen LogP contribution >= 0.6 is 0 Å². The first kappa shape index (κ1) is 15.7. The van der Waals surface area contributed by atoms with Crippen molar-refractivity contribution in [3.8, 4) is 0 Å². The van der Waals surface area contributed by atoms with Crippen LogP contribution in [0.3, 0.4) is 0 Å². The van der Waals surface area contributed by atoms with E-state index in [1.807, 2.05) is 4.90 Å². The third-order valence-corrected chi connectivity index (χ3v) is 4.44. The van der Waals surface area contributed by atoms with Gasteiger partial charge in [-0.15, -0.1) is 0 Å². The molecule has 3 rings (SSSR count). The molecule has 2 atom stereocenters. The average Bonchev–Trinajstić information content (AvgIpc) is 3.19. The van der Waals surface area contributed by atoms with E-state index in [2.05, 4.69) is 15.6 Å². The molecule has 0 radical (unpaired) electrons. The van der Waals surface area contributed by atoms with E-state index in [1.165, 1.54) is 12.3 Å². The molecule has 0 spiro atoms. The summed E-state index contributed by atoms with van der Waals surface area (Å²) in [5.41, 5.74) is -0.0251. The Balaban J connectivity index is 1.49. The molecule has 8 nitrogen and oxygen atoms in total. The molecule has 8 heteroatoms. The molecule has 2 aliphatic rings. The predicted octanol–water partition coefficient (Wildman–Crippen LogP) is 1.14. The maximum Gasteiger partial charge on any atom is 0.287 e. The van der Waals surface area contributed by atoms with Crippen molar-refractivity contribution >= 4 is 17.4 Å². The van der Waals surface area contributed by atoms with Crippen molar-refractivity contribution < 1.29 is 9.72 Å². The van der Waals surface area contributed by atoms with Crippen LogP contribution in [0.2, 0.25) is 0 Å². The fourth-order valence-electron chi connectivity index (χ4n) is 3.16. The number of hydrogen-bond donors (Lipinski definition) is 2. The third kappa shape index (κ3) is 3.95. The van der Waals surface area contributed by atoms with Gasteiger partial charge in [0.05, 0.1) is 4.92 Å².